The minimum atomic E-state index is -0.293. The van der Waals surface area contributed by atoms with Crippen LogP contribution < -0.4 is 5.56 Å². The Bertz CT molecular complexity index is 1060. The van der Waals surface area contributed by atoms with Crippen LogP contribution in [0.4, 0.5) is 0 Å². The average molecular weight is 366 g/mol. The molecule has 0 radical (unpaired) electrons. The minimum absolute atomic E-state index is 0.00427. The van der Waals surface area contributed by atoms with Crippen molar-refractivity contribution in [1.82, 2.24) is 29.9 Å². The number of nitrogens with one attached hydrogen (secondary N) is 1. The summed E-state index contributed by atoms with van der Waals surface area (Å²) < 4.78 is 1.63. The molecule has 1 amide bonds. The van der Waals surface area contributed by atoms with Crippen LogP contribution in [0.2, 0.25) is 0 Å². The number of carbonyl (C=O) groups is 1. The number of hydrogen-bond acceptors (Lipinski definition) is 5. The van der Waals surface area contributed by atoms with E-state index in [9.17, 15) is 9.59 Å². The fraction of sp³-hybridized carbons (Fsp3) is 0.421. The van der Waals surface area contributed by atoms with Crippen LogP contribution in [0.25, 0.3) is 11.2 Å². The van der Waals surface area contributed by atoms with Crippen molar-refractivity contribution < 1.29 is 4.79 Å². The Morgan fingerprint density at radius 3 is 2.70 bits per heavy atom. The monoisotopic (exact) mass is 366 g/mol. The molecule has 140 valence electrons. The van der Waals surface area contributed by atoms with Gasteiger partial charge in [-0.05, 0) is 45.7 Å². The molecule has 3 aromatic rings. The molecule has 1 atom stereocenters. The van der Waals surface area contributed by atoms with E-state index in [1.165, 1.54) is 0 Å². The molecule has 2 aromatic heterocycles. The van der Waals surface area contributed by atoms with E-state index in [0.29, 0.717) is 23.6 Å². The van der Waals surface area contributed by atoms with Gasteiger partial charge >= 0.3 is 0 Å². The molecule has 1 aliphatic heterocycles. The van der Waals surface area contributed by atoms with Gasteiger partial charge < -0.3 is 9.88 Å². The van der Waals surface area contributed by atoms with Crippen LogP contribution in [0.5, 0.6) is 0 Å². The zero-order valence-electron chi connectivity index (χ0n) is 15.7. The van der Waals surface area contributed by atoms with E-state index in [4.69, 9.17) is 0 Å². The van der Waals surface area contributed by atoms with E-state index in [2.05, 4.69) is 26.3 Å². The molecule has 8 heteroatoms. The standard InChI is InChI=1S/C19H22N6O2/c1-11-7-12(2)9-14(8-11)19(27)24-6-4-5-15(24)10-25-17-16(22-23-25)18(26)21-13(3)20-17/h7-9,15H,4-6,10H2,1-3H3,(H,20,21,26)/t15-/m1/s1. The highest BCUT2D eigenvalue weighted by atomic mass is 16.2. The first-order chi connectivity index (χ1) is 12.9. The Hall–Kier alpha value is -3.03. The van der Waals surface area contributed by atoms with E-state index < -0.39 is 0 Å². The fourth-order valence-electron chi connectivity index (χ4n) is 3.86. The molecule has 3 heterocycles. The van der Waals surface area contributed by atoms with Crippen molar-refractivity contribution in [3.05, 3.63) is 51.1 Å². The van der Waals surface area contributed by atoms with Crippen LogP contribution >= 0.6 is 0 Å². The minimum Gasteiger partial charge on any atom is -0.334 e. The summed E-state index contributed by atoms with van der Waals surface area (Å²) in [5.74, 6) is 0.557. The summed E-state index contributed by atoms with van der Waals surface area (Å²) in [7, 11) is 0. The van der Waals surface area contributed by atoms with Gasteiger partial charge in [0.2, 0.25) is 0 Å². The molecular formula is C19H22N6O2. The highest BCUT2D eigenvalue weighted by molar-refractivity contribution is 5.95. The first kappa shape index (κ1) is 17.4. The third-order valence-electron chi connectivity index (χ3n) is 4.98. The second-order valence-electron chi connectivity index (χ2n) is 7.27. The van der Waals surface area contributed by atoms with E-state index in [-0.39, 0.29) is 23.0 Å². The molecule has 1 saturated heterocycles. The highest BCUT2D eigenvalue weighted by Crippen LogP contribution is 2.23. The molecule has 1 aromatic carbocycles. The van der Waals surface area contributed by atoms with Gasteiger partial charge in [-0.3, -0.25) is 9.59 Å². The van der Waals surface area contributed by atoms with Gasteiger partial charge in [0.25, 0.3) is 11.5 Å². The number of benzene rings is 1. The molecule has 1 fully saturated rings. The zero-order chi connectivity index (χ0) is 19.1. The SMILES string of the molecule is Cc1cc(C)cc(C(=O)N2CCC[C@@H]2Cn2nnc3c(=O)[nH]c(C)nc32)c1. The first-order valence-corrected chi connectivity index (χ1v) is 9.12. The number of likely N-dealkylation sites (tertiary alicyclic amines) is 1. The summed E-state index contributed by atoms with van der Waals surface area (Å²) in [6.45, 7) is 6.92. The summed E-state index contributed by atoms with van der Waals surface area (Å²) in [5.41, 5.74) is 3.27. The Balaban J connectivity index is 1.62. The summed E-state index contributed by atoms with van der Waals surface area (Å²) in [4.78, 5) is 34.0. The number of hydrogen-bond donors (Lipinski definition) is 1. The third-order valence-corrected chi connectivity index (χ3v) is 4.98. The molecule has 27 heavy (non-hydrogen) atoms. The van der Waals surface area contributed by atoms with Crippen molar-refractivity contribution in [2.75, 3.05) is 6.54 Å². The Labute approximate surface area is 156 Å². The second kappa shape index (κ2) is 6.61. The fourth-order valence-corrected chi connectivity index (χ4v) is 3.86. The van der Waals surface area contributed by atoms with E-state index >= 15 is 0 Å². The molecule has 0 spiro atoms. The topological polar surface area (TPSA) is 96.8 Å². The first-order valence-electron chi connectivity index (χ1n) is 9.12. The van der Waals surface area contributed by atoms with Gasteiger partial charge in [-0.1, -0.05) is 22.4 Å². The number of H-pyrrole nitrogens is 1. The van der Waals surface area contributed by atoms with Crippen LogP contribution in [0.3, 0.4) is 0 Å². The lowest BCUT2D eigenvalue weighted by Crippen LogP contribution is -2.38. The highest BCUT2D eigenvalue weighted by Gasteiger charge is 2.30. The van der Waals surface area contributed by atoms with Gasteiger partial charge in [-0.15, -0.1) is 5.10 Å². The lowest BCUT2D eigenvalue weighted by atomic mass is 10.1. The van der Waals surface area contributed by atoms with Gasteiger partial charge in [0, 0.05) is 12.1 Å². The normalized spacial score (nSPS) is 17.0. The lowest BCUT2D eigenvalue weighted by molar-refractivity contribution is 0.0721. The lowest BCUT2D eigenvalue weighted by Gasteiger charge is -2.25. The van der Waals surface area contributed by atoms with Gasteiger partial charge in [0.1, 0.15) is 5.82 Å². The molecule has 4 rings (SSSR count). The third kappa shape index (κ3) is 3.22. The molecule has 1 N–H and O–H groups in total. The van der Waals surface area contributed by atoms with Crippen LogP contribution in [-0.4, -0.2) is 48.4 Å². The Morgan fingerprint density at radius 1 is 1.22 bits per heavy atom. The zero-order valence-corrected chi connectivity index (χ0v) is 15.7. The van der Waals surface area contributed by atoms with Gasteiger partial charge in [0.05, 0.1) is 12.6 Å². The maximum absolute atomic E-state index is 13.1. The number of aromatic nitrogens is 5. The summed E-state index contributed by atoms with van der Waals surface area (Å²) in [6, 6.07) is 5.93. The number of carbonyl (C=O) groups excluding carboxylic acids is 1. The van der Waals surface area contributed by atoms with Crippen molar-refractivity contribution in [1.29, 1.82) is 0 Å². The average Bonchev–Trinajstić information content (AvgIpc) is 3.21. The van der Waals surface area contributed by atoms with E-state index in [1.807, 2.05) is 30.9 Å². The summed E-state index contributed by atoms with van der Waals surface area (Å²) in [5, 5.41) is 8.06. The number of fused-ring (bicyclic) bond motifs is 1. The largest absolute Gasteiger partial charge is 0.334 e. The van der Waals surface area contributed by atoms with Crippen molar-refractivity contribution in [2.45, 2.75) is 46.2 Å². The molecular weight excluding hydrogens is 344 g/mol. The number of amides is 1. The van der Waals surface area contributed by atoms with Gasteiger partial charge in [-0.2, -0.15) is 0 Å². The number of rotatable bonds is 3. The maximum Gasteiger partial charge on any atom is 0.281 e. The van der Waals surface area contributed by atoms with Crippen LogP contribution in [-0.2, 0) is 6.54 Å². The van der Waals surface area contributed by atoms with Gasteiger partial charge in [0.15, 0.2) is 11.2 Å². The number of aryl methyl sites for hydroxylation is 3. The molecule has 0 aliphatic carbocycles. The van der Waals surface area contributed by atoms with Crippen molar-refractivity contribution in [3.8, 4) is 0 Å². The smallest absolute Gasteiger partial charge is 0.281 e. The Morgan fingerprint density at radius 2 is 1.96 bits per heavy atom. The van der Waals surface area contributed by atoms with E-state index in [1.54, 1.807) is 11.6 Å². The van der Waals surface area contributed by atoms with Crippen LogP contribution in [0.15, 0.2) is 23.0 Å². The maximum atomic E-state index is 13.1. The molecule has 0 saturated carbocycles. The molecule has 0 bridgehead atoms. The summed E-state index contributed by atoms with van der Waals surface area (Å²) in [6.07, 6.45) is 1.83. The van der Waals surface area contributed by atoms with Crippen molar-refractivity contribution in [2.24, 2.45) is 0 Å². The molecule has 0 unspecified atom stereocenters. The Kier molecular flexibility index (Phi) is 4.25. The molecule has 8 nitrogen and oxygen atoms in total. The van der Waals surface area contributed by atoms with Gasteiger partial charge in [-0.25, -0.2) is 9.67 Å². The number of aromatic amines is 1. The van der Waals surface area contributed by atoms with Crippen molar-refractivity contribution in [3.63, 3.8) is 0 Å². The quantitative estimate of drug-likeness (QED) is 0.762. The van der Waals surface area contributed by atoms with Crippen LogP contribution in [0, 0.1) is 20.8 Å². The predicted octanol–water partition coefficient (Wildman–Crippen LogP) is 1.74. The van der Waals surface area contributed by atoms with Crippen molar-refractivity contribution >= 4 is 17.1 Å². The predicted molar refractivity (Wildman–Crippen MR) is 101 cm³/mol. The number of nitrogens with zero attached hydrogens (tertiary/aromatic N) is 5. The molecule has 1 aliphatic rings. The van der Waals surface area contributed by atoms with E-state index in [0.717, 1.165) is 30.5 Å². The van der Waals surface area contributed by atoms with Crippen LogP contribution in [0.1, 0.15) is 40.2 Å². The summed E-state index contributed by atoms with van der Waals surface area (Å²) >= 11 is 0. The second-order valence-corrected chi connectivity index (χ2v) is 7.27.